The van der Waals surface area contributed by atoms with Crippen molar-refractivity contribution < 1.29 is 0 Å². The molecule has 1 aliphatic heterocycles. The van der Waals surface area contributed by atoms with E-state index in [4.69, 9.17) is 0 Å². The number of aryl methyl sites for hydroxylation is 1. The van der Waals surface area contributed by atoms with Crippen molar-refractivity contribution in [3.63, 3.8) is 0 Å². The van der Waals surface area contributed by atoms with Crippen molar-refractivity contribution in [3.05, 3.63) is 35.9 Å². The van der Waals surface area contributed by atoms with E-state index in [1.54, 1.807) is 0 Å². The average molecular weight is 274 g/mol. The Kier molecular flexibility index (Phi) is 5.62. The Balaban J connectivity index is 1.98. The maximum Gasteiger partial charge on any atom is 0.0306 e. The number of rotatable bonds is 7. The van der Waals surface area contributed by atoms with Gasteiger partial charge in [-0.1, -0.05) is 37.3 Å². The molecule has 0 amide bonds. The largest absolute Gasteiger partial charge is 0.312 e. The number of hydrogen-bond donors (Lipinski definition) is 1. The smallest absolute Gasteiger partial charge is 0.0306 e. The summed E-state index contributed by atoms with van der Waals surface area (Å²) in [7, 11) is 0. The van der Waals surface area contributed by atoms with Gasteiger partial charge in [-0.25, -0.2) is 0 Å². The van der Waals surface area contributed by atoms with Crippen LogP contribution in [-0.4, -0.2) is 36.1 Å². The molecule has 1 saturated heterocycles. The molecule has 20 heavy (non-hydrogen) atoms. The fourth-order valence-electron chi connectivity index (χ4n) is 3.42. The third-order valence-electron chi connectivity index (χ3n) is 4.79. The zero-order valence-electron chi connectivity index (χ0n) is 13.4. The summed E-state index contributed by atoms with van der Waals surface area (Å²) in [5.74, 6) is 0. The molecule has 0 aromatic heterocycles. The number of likely N-dealkylation sites (tertiary alicyclic amines) is 1. The van der Waals surface area contributed by atoms with Crippen LogP contribution in [-0.2, 0) is 6.42 Å². The van der Waals surface area contributed by atoms with E-state index >= 15 is 0 Å². The molecule has 0 spiro atoms. The quantitative estimate of drug-likeness (QED) is 0.819. The Morgan fingerprint density at radius 1 is 1.15 bits per heavy atom. The molecule has 0 bridgehead atoms. The molecule has 2 nitrogen and oxygen atoms in total. The molecule has 1 atom stereocenters. The van der Waals surface area contributed by atoms with Crippen molar-refractivity contribution in [3.8, 4) is 0 Å². The predicted molar refractivity (Wildman–Crippen MR) is 87.1 cm³/mol. The molecule has 2 rings (SSSR count). The summed E-state index contributed by atoms with van der Waals surface area (Å²) < 4.78 is 0. The molecule has 2 heteroatoms. The Morgan fingerprint density at radius 2 is 1.80 bits per heavy atom. The minimum atomic E-state index is 0.251. The predicted octanol–water partition coefficient (Wildman–Crippen LogP) is 3.47. The van der Waals surface area contributed by atoms with E-state index in [9.17, 15) is 0 Å². The molecule has 1 aliphatic rings. The van der Waals surface area contributed by atoms with Crippen LogP contribution in [0, 0.1) is 0 Å². The van der Waals surface area contributed by atoms with Gasteiger partial charge in [-0.3, -0.25) is 4.90 Å². The van der Waals surface area contributed by atoms with Crippen molar-refractivity contribution in [2.24, 2.45) is 0 Å². The van der Waals surface area contributed by atoms with Crippen LogP contribution in [0.2, 0.25) is 0 Å². The fourth-order valence-corrected chi connectivity index (χ4v) is 3.42. The van der Waals surface area contributed by atoms with Gasteiger partial charge in [0, 0.05) is 11.6 Å². The summed E-state index contributed by atoms with van der Waals surface area (Å²) in [6, 6.07) is 11.4. The highest BCUT2D eigenvalue weighted by Gasteiger charge is 2.35. The summed E-state index contributed by atoms with van der Waals surface area (Å²) in [5, 5.41) is 3.73. The maximum atomic E-state index is 3.73. The van der Waals surface area contributed by atoms with Crippen LogP contribution < -0.4 is 5.32 Å². The monoisotopic (exact) mass is 274 g/mol. The SMILES string of the molecule is CCNC(CCc1ccccc1)C(C)(C)N1CCCC1. The van der Waals surface area contributed by atoms with E-state index in [2.05, 4.69) is 61.3 Å². The van der Waals surface area contributed by atoms with Crippen molar-refractivity contribution in [2.75, 3.05) is 19.6 Å². The molecule has 1 unspecified atom stereocenters. The molecular formula is C18H30N2. The topological polar surface area (TPSA) is 15.3 Å². The van der Waals surface area contributed by atoms with E-state index in [0.717, 1.165) is 13.0 Å². The Labute approximate surface area is 124 Å². The molecule has 1 N–H and O–H groups in total. The molecule has 1 aromatic carbocycles. The summed E-state index contributed by atoms with van der Waals surface area (Å²) in [6.45, 7) is 10.6. The molecule has 1 heterocycles. The van der Waals surface area contributed by atoms with Gasteiger partial charge in [0.1, 0.15) is 0 Å². The zero-order valence-corrected chi connectivity index (χ0v) is 13.4. The van der Waals surface area contributed by atoms with Gasteiger partial charge in [0.25, 0.3) is 0 Å². The van der Waals surface area contributed by atoms with Gasteiger partial charge in [0.15, 0.2) is 0 Å². The summed E-state index contributed by atoms with van der Waals surface area (Å²) in [6.07, 6.45) is 5.10. The number of benzene rings is 1. The normalized spacial score (nSPS) is 18.4. The van der Waals surface area contributed by atoms with Gasteiger partial charge in [0.2, 0.25) is 0 Å². The molecule has 1 fully saturated rings. The number of nitrogens with one attached hydrogen (secondary N) is 1. The van der Waals surface area contributed by atoms with Gasteiger partial charge < -0.3 is 5.32 Å². The Morgan fingerprint density at radius 3 is 2.40 bits per heavy atom. The van der Waals surface area contributed by atoms with Gasteiger partial charge in [-0.2, -0.15) is 0 Å². The van der Waals surface area contributed by atoms with Gasteiger partial charge >= 0.3 is 0 Å². The van der Waals surface area contributed by atoms with Gasteiger partial charge in [-0.15, -0.1) is 0 Å². The average Bonchev–Trinajstić information content (AvgIpc) is 2.99. The number of nitrogens with zero attached hydrogens (tertiary/aromatic N) is 1. The van der Waals surface area contributed by atoms with Crippen molar-refractivity contribution in [1.29, 1.82) is 0 Å². The van der Waals surface area contributed by atoms with Crippen LogP contribution in [0.1, 0.15) is 45.6 Å². The standard InChI is InChI=1S/C18H30N2/c1-4-19-17(13-12-16-10-6-5-7-11-16)18(2,3)20-14-8-9-15-20/h5-7,10-11,17,19H,4,8-9,12-15H2,1-3H3. The second-order valence-corrected chi connectivity index (χ2v) is 6.48. The first kappa shape index (κ1) is 15.5. The number of hydrogen-bond acceptors (Lipinski definition) is 2. The fraction of sp³-hybridized carbons (Fsp3) is 0.667. The molecule has 1 aromatic rings. The van der Waals surface area contributed by atoms with Crippen molar-refractivity contribution in [2.45, 2.75) is 58.0 Å². The molecule has 0 saturated carbocycles. The summed E-state index contributed by atoms with van der Waals surface area (Å²) >= 11 is 0. The minimum Gasteiger partial charge on any atom is -0.312 e. The van der Waals surface area contributed by atoms with E-state index < -0.39 is 0 Å². The molecular weight excluding hydrogens is 244 g/mol. The van der Waals surface area contributed by atoms with Gasteiger partial charge in [-0.05, 0) is 64.7 Å². The lowest BCUT2D eigenvalue weighted by molar-refractivity contribution is 0.103. The third kappa shape index (κ3) is 3.83. The summed E-state index contributed by atoms with van der Waals surface area (Å²) in [5.41, 5.74) is 1.70. The molecule has 112 valence electrons. The highest BCUT2D eigenvalue weighted by Crippen LogP contribution is 2.26. The number of likely N-dealkylation sites (N-methyl/N-ethyl adjacent to an activating group) is 1. The van der Waals surface area contributed by atoms with Crippen LogP contribution >= 0.6 is 0 Å². The maximum absolute atomic E-state index is 3.73. The summed E-state index contributed by atoms with van der Waals surface area (Å²) in [4.78, 5) is 2.67. The zero-order chi connectivity index (χ0) is 14.4. The lowest BCUT2D eigenvalue weighted by atomic mass is 9.88. The highest BCUT2D eigenvalue weighted by atomic mass is 15.2. The third-order valence-corrected chi connectivity index (χ3v) is 4.79. The Hall–Kier alpha value is -0.860. The van der Waals surface area contributed by atoms with E-state index in [0.29, 0.717) is 6.04 Å². The van der Waals surface area contributed by atoms with Crippen molar-refractivity contribution in [1.82, 2.24) is 10.2 Å². The lowest BCUT2D eigenvalue weighted by Crippen LogP contribution is -2.57. The van der Waals surface area contributed by atoms with E-state index in [1.807, 2.05) is 0 Å². The Bertz CT molecular complexity index is 380. The second-order valence-electron chi connectivity index (χ2n) is 6.48. The van der Waals surface area contributed by atoms with Crippen LogP contribution in [0.15, 0.2) is 30.3 Å². The van der Waals surface area contributed by atoms with Crippen LogP contribution in [0.5, 0.6) is 0 Å². The van der Waals surface area contributed by atoms with E-state index in [-0.39, 0.29) is 5.54 Å². The van der Waals surface area contributed by atoms with E-state index in [1.165, 1.54) is 37.9 Å². The lowest BCUT2D eigenvalue weighted by Gasteiger charge is -2.42. The van der Waals surface area contributed by atoms with Crippen LogP contribution in [0.3, 0.4) is 0 Å². The van der Waals surface area contributed by atoms with Crippen molar-refractivity contribution >= 4 is 0 Å². The molecule has 0 radical (unpaired) electrons. The van der Waals surface area contributed by atoms with Crippen LogP contribution in [0.4, 0.5) is 0 Å². The first-order valence-corrected chi connectivity index (χ1v) is 8.17. The first-order valence-electron chi connectivity index (χ1n) is 8.17. The minimum absolute atomic E-state index is 0.251. The van der Waals surface area contributed by atoms with Gasteiger partial charge in [0.05, 0.1) is 0 Å². The first-order chi connectivity index (χ1) is 9.64. The second kappa shape index (κ2) is 7.24. The molecule has 0 aliphatic carbocycles. The highest BCUT2D eigenvalue weighted by molar-refractivity contribution is 5.15. The van der Waals surface area contributed by atoms with Crippen LogP contribution in [0.25, 0.3) is 0 Å².